The van der Waals surface area contributed by atoms with Crippen molar-refractivity contribution >= 4 is 11.4 Å². The fourth-order valence-corrected chi connectivity index (χ4v) is 3.66. The molecule has 2 aromatic rings. The van der Waals surface area contributed by atoms with E-state index in [4.69, 9.17) is 0 Å². The number of aliphatic hydroxyl groups excluding tert-OH is 1. The van der Waals surface area contributed by atoms with Gasteiger partial charge in [0, 0.05) is 23.5 Å². The molecule has 2 heterocycles. The maximum absolute atomic E-state index is 9.96. The third-order valence-electron chi connectivity index (χ3n) is 4.66. The molecule has 2 bridgehead atoms. The lowest BCUT2D eigenvalue weighted by Gasteiger charge is -2.49. The lowest BCUT2D eigenvalue weighted by Crippen LogP contribution is -2.49. The third-order valence-corrected chi connectivity index (χ3v) is 4.66. The smallest absolute Gasteiger partial charge is 0.0913 e. The Labute approximate surface area is 125 Å². The monoisotopic (exact) mass is 280 g/mol. The number of fused-ring (bicyclic) bond motifs is 6. The van der Waals surface area contributed by atoms with Crippen molar-refractivity contribution in [3.8, 4) is 0 Å². The molecular weight excluding hydrogens is 260 g/mol. The number of rotatable bonds is 1. The van der Waals surface area contributed by atoms with Gasteiger partial charge in [-0.1, -0.05) is 35.4 Å². The summed E-state index contributed by atoms with van der Waals surface area (Å²) in [4.78, 5) is 4.74. The zero-order valence-corrected chi connectivity index (χ0v) is 12.5. The molecule has 0 unspecified atom stereocenters. The number of benzene rings is 2. The van der Waals surface area contributed by atoms with Crippen LogP contribution in [0.15, 0.2) is 36.4 Å². The third kappa shape index (κ3) is 1.84. The van der Waals surface area contributed by atoms with Crippen LogP contribution in [0.5, 0.6) is 0 Å². The van der Waals surface area contributed by atoms with Crippen molar-refractivity contribution in [2.45, 2.75) is 26.4 Å². The van der Waals surface area contributed by atoms with Crippen molar-refractivity contribution in [1.82, 2.24) is 0 Å². The first-order valence-electron chi connectivity index (χ1n) is 7.50. The molecule has 0 aliphatic carbocycles. The first kappa shape index (κ1) is 12.7. The highest BCUT2D eigenvalue weighted by atomic mass is 16.3. The Morgan fingerprint density at radius 1 is 1.05 bits per heavy atom. The Bertz CT molecular complexity index is 710. The maximum Gasteiger partial charge on any atom is 0.0913 e. The van der Waals surface area contributed by atoms with Crippen LogP contribution in [-0.2, 0) is 6.54 Å². The van der Waals surface area contributed by atoms with Crippen LogP contribution in [0.1, 0.15) is 28.3 Å². The summed E-state index contributed by atoms with van der Waals surface area (Å²) in [7, 11) is 0. The average Bonchev–Trinajstić information content (AvgIpc) is 2.47. The van der Waals surface area contributed by atoms with E-state index in [-0.39, 0.29) is 12.6 Å². The highest BCUT2D eigenvalue weighted by Gasteiger charge is 2.35. The molecule has 1 atom stereocenters. The van der Waals surface area contributed by atoms with Gasteiger partial charge >= 0.3 is 0 Å². The highest BCUT2D eigenvalue weighted by molar-refractivity contribution is 5.70. The van der Waals surface area contributed by atoms with Gasteiger partial charge in [0.1, 0.15) is 0 Å². The molecule has 0 radical (unpaired) electrons. The number of hydrogen-bond acceptors (Lipinski definition) is 3. The molecule has 2 aromatic carbocycles. The molecule has 4 rings (SSSR count). The summed E-state index contributed by atoms with van der Waals surface area (Å²) in [6, 6.07) is 13.3. The van der Waals surface area contributed by atoms with E-state index in [1.807, 2.05) is 0 Å². The summed E-state index contributed by atoms with van der Waals surface area (Å²) in [6.45, 7) is 6.20. The van der Waals surface area contributed by atoms with Gasteiger partial charge in [0.25, 0.3) is 0 Å². The molecule has 108 valence electrons. The predicted molar refractivity (Wildman–Crippen MR) is 85.7 cm³/mol. The van der Waals surface area contributed by atoms with Crippen molar-refractivity contribution in [3.63, 3.8) is 0 Å². The van der Waals surface area contributed by atoms with Gasteiger partial charge in [0.05, 0.1) is 19.3 Å². The van der Waals surface area contributed by atoms with Crippen LogP contribution in [-0.4, -0.2) is 18.4 Å². The molecule has 1 N–H and O–H groups in total. The van der Waals surface area contributed by atoms with Gasteiger partial charge in [-0.3, -0.25) is 0 Å². The molecule has 0 aromatic heterocycles. The highest BCUT2D eigenvalue weighted by Crippen LogP contribution is 2.43. The van der Waals surface area contributed by atoms with Gasteiger partial charge in [-0.05, 0) is 31.5 Å². The van der Waals surface area contributed by atoms with Gasteiger partial charge in [0.2, 0.25) is 0 Å². The molecule has 21 heavy (non-hydrogen) atoms. The minimum atomic E-state index is 0.0536. The van der Waals surface area contributed by atoms with Crippen LogP contribution in [0.3, 0.4) is 0 Å². The average molecular weight is 280 g/mol. The second-order valence-corrected chi connectivity index (χ2v) is 6.20. The summed E-state index contributed by atoms with van der Waals surface area (Å²) in [5.74, 6) is 0. The van der Waals surface area contributed by atoms with Crippen LogP contribution in [0, 0.1) is 13.8 Å². The first-order valence-corrected chi connectivity index (χ1v) is 7.50. The van der Waals surface area contributed by atoms with Gasteiger partial charge in [-0.2, -0.15) is 0 Å². The largest absolute Gasteiger partial charge is 0.394 e. The van der Waals surface area contributed by atoms with E-state index in [0.717, 1.165) is 13.2 Å². The lowest BCUT2D eigenvalue weighted by atomic mass is 9.93. The molecule has 0 fully saturated rings. The minimum Gasteiger partial charge on any atom is -0.394 e. The molecule has 2 aliphatic rings. The van der Waals surface area contributed by atoms with Crippen molar-refractivity contribution in [2.75, 3.05) is 23.1 Å². The Hall–Kier alpha value is -2.00. The Morgan fingerprint density at radius 3 is 2.52 bits per heavy atom. The second kappa shape index (κ2) is 4.50. The molecule has 3 heteroatoms. The van der Waals surface area contributed by atoms with Crippen molar-refractivity contribution in [1.29, 1.82) is 0 Å². The standard InChI is InChI=1S/C18H20N2O/c1-12-3-5-16-14(7-12)9-19-11-20(16)18(10-21)15-8-13(2)4-6-17(15)19/h3-8,18,21H,9-11H2,1-2H3/t18-/m0/s1. The van der Waals surface area contributed by atoms with Crippen LogP contribution in [0.25, 0.3) is 0 Å². The van der Waals surface area contributed by atoms with Crippen LogP contribution < -0.4 is 9.80 Å². The zero-order chi connectivity index (χ0) is 14.6. The number of aliphatic hydroxyl groups is 1. The maximum atomic E-state index is 9.96. The fourth-order valence-electron chi connectivity index (χ4n) is 3.66. The second-order valence-electron chi connectivity index (χ2n) is 6.20. The lowest BCUT2D eigenvalue weighted by molar-refractivity contribution is 0.256. The van der Waals surface area contributed by atoms with E-state index >= 15 is 0 Å². The van der Waals surface area contributed by atoms with Gasteiger partial charge in [0.15, 0.2) is 0 Å². The predicted octanol–water partition coefficient (Wildman–Crippen LogP) is 3.13. The molecule has 0 saturated heterocycles. The Morgan fingerprint density at radius 2 is 1.76 bits per heavy atom. The molecule has 0 amide bonds. The number of hydrogen-bond donors (Lipinski definition) is 1. The summed E-state index contributed by atoms with van der Waals surface area (Å²) >= 11 is 0. The molecule has 0 spiro atoms. The number of anilines is 2. The zero-order valence-electron chi connectivity index (χ0n) is 12.5. The van der Waals surface area contributed by atoms with E-state index in [1.165, 1.54) is 33.6 Å². The van der Waals surface area contributed by atoms with Gasteiger partial charge in [-0.25, -0.2) is 0 Å². The summed E-state index contributed by atoms with van der Waals surface area (Å²) < 4.78 is 0. The van der Waals surface area contributed by atoms with Gasteiger partial charge < -0.3 is 14.9 Å². The minimum absolute atomic E-state index is 0.0536. The van der Waals surface area contributed by atoms with Gasteiger partial charge in [-0.15, -0.1) is 0 Å². The molecule has 3 nitrogen and oxygen atoms in total. The number of nitrogens with zero attached hydrogens (tertiary/aromatic N) is 2. The topological polar surface area (TPSA) is 26.7 Å². The summed E-state index contributed by atoms with van der Waals surface area (Å²) in [5, 5.41) is 9.96. The molecular formula is C18H20N2O. The Kier molecular flexibility index (Phi) is 2.73. The first-order chi connectivity index (χ1) is 10.2. The SMILES string of the molecule is Cc1ccc2c(c1)CN1CN2[C@@H](CO)c2cc(C)ccc21. The van der Waals surface area contributed by atoms with Crippen molar-refractivity contribution in [3.05, 3.63) is 58.7 Å². The molecule has 0 saturated carbocycles. The van der Waals surface area contributed by atoms with Crippen LogP contribution in [0.4, 0.5) is 11.4 Å². The fraction of sp³-hybridized carbons (Fsp3) is 0.333. The summed E-state index contributed by atoms with van der Waals surface area (Å²) in [6.07, 6.45) is 0. The quantitative estimate of drug-likeness (QED) is 0.869. The molecule has 2 aliphatic heterocycles. The van der Waals surface area contributed by atoms with Crippen LogP contribution in [0.2, 0.25) is 0 Å². The van der Waals surface area contributed by atoms with E-state index in [0.29, 0.717) is 0 Å². The van der Waals surface area contributed by atoms with E-state index in [1.54, 1.807) is 0 Å². The Balaban J connectivity index is 1.90. The van der Waals surface area contributed by atoms with E-state index in [2.05, 4.69) is 60.0 Å². The van der Waals surface area contributed by atoms with Crippen molar-refractivity contribution < 1.29 is 5.11 Å². The van der Waals surface area contributed by atoms with Crippen molar-refractivity contribution in [2.24, 2.45) is 0 Å². The number of aryl methyl sites for hydroxylation is 2. The normalized spacial score (nSPS) is 19.3. The van der Waals surface area contributed by atoms with E-state index in [9.17, 15) is 5.11 Å². The summed E-state index contributed by atoms with van der Waals surface area (Å²) in [5.41, 5.74) is 7.67. The van der Waals surface area contributed by atoms with E-state index < -0.39 is 0 Å². The van der Waals surface area contributed by atoms with Crippen LogP contribution >= 0.6 is 0 Å².